The van der Waals surface area contributed by atoms with Crippen LogP contribution in [-0.2, 0) is 10.2 Å². The van der Waals surface area contributed by atoms with Crippen molar-refractivity contribution in [3.8, 4) is 0 Å². The Morgan fingerprint density at radius 3 is 2.31 bits per heavy atom. The number of hydrogen-bond donors (Lipinski definition) is 1. The van der Waals surface area contributed by atoms with E-state index in [-0.39, 0.29) is 25.6 Å². The highest BCUT2D eigenvalue weighted by Crippen LogP contribution is 2.30. The molecule has 0 saturated carbocycles. The highest BCUT2D eigenvalue weighted by Gasteiger charge is 2.40. The zero-order chi connectivity index (χ0) is 22.9. The van der Waals surface area contributed by atoms with E-state index in [0.717, 1.165) is 20.4 Å². The van der Waals surface area contributed by atoms with Crippen molar-refractivity contribution >= 4 is 33.6 Å². The van der Waals surface area contributed by atoms with E-state index in [9.17, 15) is 22.0 Å². The van der Waals surface area contributed by atoms with Crippen molar-refractivity contribution in [2.24, 2.45) is 5.10 Å². The number of piperidine rings is 1. The van der Waals surface area contributed by atoms with Crippen molar-refractivity contribution in [1.29, 1.82) is 0 Å². The molecule has 4 rings (SSSR count). The molecule has 0 spiro atoms. The largest absolute Gasteiger partial charge is 0.352 e. The number of nitrogens with one attached hydrogen (secondary N) is 1. The molecule has 0 unspecified atom stereocenters. The molecule has 1 N–H and O–H groups in total. The van der Waals surface area contributed by atoms with Crippen molar-refractivity contribution in [2.75, 3.05) is 19.6 Å². The number of amides is 2. The minimum atomic E-state index is -4.27. The van der Waals surface area contributed by atoms with E-state index in [1.54, 1.807) is 24.3 Å². The van der Waals surface area contributed by atoms with Crippen LogP contribution in [0.15, 0.2) is 59.7 Å². The molecule has 2 heterocycles. The summed E-state index contributed by atoms with van der Waals surface area (Å²) in [5.74, 6) is -3.18. The molecule has 1 saturated heterocycles. The van der Waals surface area contributed by atoms with Gasteiger partial charge in [-0.3, -0.25) is 0 Å². The summed E-state index contributed by atoms with van der Waals surface area (Å²) in [6.07, 6.45) is -1.17. The molecule has 2 aromatic rings. The fraction of sp³-hybridized carbons (Fsp3) is 0.333. The Labute approximate surface area is 189 Å². The predicted octanol–water partition coefficient (Wildman–Crippen LogP) is 3.83. The van der Waals surface area contributed by atoms with Gasteiger partial charge in [0.2, 0.25) is 0 Å². The third-order valence-electron chi connectivity index (χ3n) is 5.50. The molecule has 1 fully saturated rings. The summed E-state index contributed by atoms with van der Waals surface area (Å²) in [5.41, 5.74) is 2.26. The molecule has 0 radical (unpaired) electrons. The Balaban J connectivity index is 1.55. The maximum atomic E-state index is 13.4. The van der Waals surface area contributed by atoms with Crippen LogP contribution in [0.1, 0.15) is 29.9 Å². The van der Waals surface area contributed by atoms with Crippen LogP contribution in [0.2, 0.25) is 5.02 Å². The normalized spacial score (nSPS) is 21.3. The van der Waals surface area contributed by atoms with Gasteiger partial charge in [-0.1, -0.05) is 54.1 Å². The number of nitrogens with zero attached hydrogens (tertiary/aromatic N) is 3. The lowest BCUT2D eigenvalue weighted by Crippen LogP contribution is -2.51. The van der Waals surface area contributed by atoms with Gasteiger partial charge in [0.15, 0.2) is 0 Å². The van der Waals surface area contributed by atoms with E-state index in [1.807, 2.05) is 35.1 Å². The van der Waals surface area contributed by atoms with Crippen molar-refractivity contribution in [3.63, 3.8) is 0 Å². The van der Waals surface area contributed by atoms with Crippen molar-refractivity contribution in [2.45, 2.75) is 24.7 Å². The molecular weight excluding hydrogens is 462 g/mol. The van der Waals surface area contributed by atoms with E-state index < -0.39 is 35.0 Å². The maximum absolute atomic E-state index is 13.4. The van der Waals surface area contributed by atoms with Gasteiger partial charge in [-0.25, -0.2) is 23.3 Å². The molecule has 2 aromatic carbocycles. The molecule has 170 valence electrons. The number of carbonyl (C=O) groups is 1. The van der Waals surface area contributed by atoms with Gasteiger partial charge in [0.05, 0.1) is 12.3 Å². The average molecular weight is 483 g/mol. The summed E-state index contributed by atoms with van der Waals surface area (Å²) in [4.78, 5) is 12.8. The Kier molecular flexibility index (Phi) is 6.19. The number of urea groups is 1. The Hall–Kier alpha value is -2.56. The molecule has 0 aromatic heterocycles. The number of alkyl halides is 2. The Bertz CT molecular complexity index is 1120. The first kappa shape index (κ1) is 22.6. The van der Waals surface area contributed by atoms with E-state index in [4.69, 9.17) is 11.6 Å². The van der Waals surface area contributed by atoms with Crippen molar-refractivity contribution < 1.29 is 22.0 Å². The standard InChI is InChI=1S/C21H21ClF2N4O3S/c22-17-8-6-16(7-9-17)19-18(15-4-2-1-3-5-15)14-28(25-19)20(29)26-32(30,31)27-12-10-21(23,24)11-13-27/h1-9,18H,10-14H2,(H,26,29)/t18-/m0/s1. The summed E-state index contributed by atoms with van der Waals surface area (Å²) in [6.45, 7) is -0.593. The van der Waals surface area contributed by atoms with Crippen LogP contribution in [0, 0.1) is 0 Å². The molecule has 2 aliphatic heterocycles. The van der Waals surface area contributed by atoms with Crippen LogP contribution in [-0.4, -0.2) is 55.0 Å². The topological polar surface area (TPSA) is 82.1 Å². The third-order valence-corrected chi connectivity index (χ3v) is 7.23. The van der Waals surface area contributed by atoms with Gasteiger partial charge in [0.1, 0.15) is 0 Å². The maximum Gasteiger partial charge on any atom is 0.352 e. The van der Waals surface area contributed by atoms with Crippen LogP contribution in [0.5, 0.6) is 0 Å². The number of carbonyl (C=O) groups excluding carboxylic acids is 1. The molecule has 1 atom stereocenters. The first-order valence-electron chi connectivity index (χ1n) is 10.0. The fourth-order valence-electron chi connectivity index (χ4n) is 3.74. The average Bonchev–Trinajstić information content (AvgIpc) is 3.20. The molecular formula is C21H21ClF2N4O3S. The van der Waals surface area contributed by atoms with Crippen LogP contribution < -0.4 is 4.72 Å². The number of hydrazone groups is 1. The quantitative estimate of drug-likeness (QED) is 0.719. The van der Waals surface area contributed by atoms with Crippen molar-refractivity contribution in [1.82, 2.24) is 14.0 Å². The lowest BCUT2D eigenvalue weighted by atomic mass is 9.91. The van der Waals surface area contributed by atoms with Crippen molar-refractivity contribution in [3.05, 3.63) is 70.7 Å². The molecule has 11 heteroatoms. The van der Waals surface area contributed by atoms with Crippen LogP contribution in [0.3, 0.4) is 0 Å². The van der Waals surface area contributed by atoms with Gasteiger partial charge in [-0.15, -0.1) is 0 Å². The summed E-state index contributed by atoms with van der Waals surface area (Å²) in [6, 6.07) is 15.5. The second-order valence-electron chi connectivity index (χ2n) is 7.70. The second kappa shape index (κ2) is 8.76. The van der Waals surface area contributed by atoms with Gasteiger partial charge >= 0.3 is 16.2 Å². The van der Waals surface area contributed by atoms with Gasteiger partial charge in [0, 0.05) is 36.9 Å². The molecule has 2 aliphatic rings. The minimum absolute atomic E-state index is 0.126. The van der Waals surface area contributed by atoms with Gasteiger partial charge in [-0.2, -0.15) is 17.8 Å². The highest BCUT2D eigenvalue weighted by molar-refractivity contribution is 7.87. The molecule has 32 heavy (non-hydrogen) atoms. The molecule has 0 bridgehead atoms. The van der Waals surface area contributed by atoms with E-state index in [2.05, 4.69) is 5.10 Å². The lowest BCUT2D eigenvalue weighted by molar-refractivity contribution is -0.0412. The first-order chi connectivity index (χ1) is 15.1. The molecule has 7 nitrogen and oxygen atoms in total. The lowest BCUT2D eigenvalue weighted by Gasteiger charge is -2.30. The number of halogens is 3. The van der Waals surface area contributed by atoms with Crippen LogP contribution in [0.4, 0.5) is 13.6 Å². The van der Waals surface area contributed by atoms with Gasteiger partial charge in [0.25, 0.3) is 5.92 Å². The number of rotatable bonds is 4. The predicted molar refractivity (Wildman–Crippen MR) is 117 cm³/mol. The van der Waals surface area contributed by atoms with E-state index >= 15 is 0 Å². The van der Waals surface area contributed by atoms with Gasteiger partial charge < -0.3 is 0 Å². The summed E-state index contributed by atoms with van der Waals surface area (Å²) in [5, 5.41) is 6.00. The Morgan fingerprint density at radius 1 is 1.06 bits per heavy atom. The minimum Gasteiger partial charge on any atom is -0.245 e. The number of hydrogen-bond acceptors (Lipinski definition) is 4. The number of benzene rings is 2. The smallest absolute Gasteiger partial charge is 0.245 e. The summed E-state index contributed by atoms with van der Waals surface area (Å²) < 4.78 is 54.7. The first-order valence-corrected chi connectivity index (χ1v) is 11.8. The zero-order valence-electron chi connectivity index (χ0n) is 16.9. The van der Waals surface area contributed by atoms with E-state index in [0.29, 0.717) is 10.7 Å². The summed E-state index contributed by atoms with van der Waals surface area (Å²) in [7, 11) is -4.27. The van der Waals surface area contributed by atoms with E-state index in [1.165, 1.54) is 0 Å². The third kappa shape index (κ3) is 4.92. The van der Waals surface area contributed by atoms with Crippen LogP contribution in [0.25, 0.3) is 0 Å². The van der Waals surface area contributed by atoms with Crippen LogP contribution >= 0.6 is 11.6 Å². The monoisotopic (exact) mass is 482 g/mol. The van der Waals surface area contributed by atoms with Gasteiger partial charge in [-0.05, 0) is 23.3 Å². The highest BCUT2D eigenvalue weighted by atomic mass is 35.5. The summed E-state index contributed by atoms with van der Waals surface area (Å²) >= 11 is 5.98. The SMILES string of the molecule is O=C(NS(=O)(=O)N1CCC(F)(F)CC1)N1C[C@@H](c2ccccc2)C(c2ccc(Cl)cc2)=N1. The molecule has 2 amide bonds. The second-order valence-corrected chi connectivity index (χ2v) is 9.81. The zero-order valence-corrected chi connectivity index (χ0v) is 18.5. The Morgan fingerprint density at radius 2 is 1.69 bits per heavy atom. The fourth-order valence-corrected chi connectivity index (χ4v) is 4.98. The molecule has 0 aliphatic carbocycles.